The van der Waals surface area contributed by atoms with E-state index < -0.39 is 137 Å². The number of rotatable bonds is 14. The number of fused-ring (bicyclic) bond motifs is 2. The molecule has 0 saturated carbocycles. The van der Waals surface area contributed by atoms with Crippen LogP contribution < -0.4 is 10.7 Å². The summed E-state index contributed by atoms with van der Waals surface area (Å²) in [6, 6.07) is -1.24. The molecule has 0 spiro atoms. The van der Waals surface area contributed by atoms with Crippen LogP contribution in [0.3, 0.4) is 0 Å². The Morgan fingerprint density at radius 3 is 1.33 bits per heavy atom. The monoisotopic (exact) mass is 1630 g/mol. The number of cyclic esters (lactones) is 2. The fourth-order valence-corrected chi connectivity index (χ4v) is 18.3. The highest BCUT2D eigenvalue weighted by molar-refractivity contribution is 15.0. The van der Waals surface area contributed by atoms with Crippen molar-refractivity contribution in [1.29, 1.82) is 0 Å². The minimum Gasteiger partial charge on any atom is -0.458 e. The van der Waals surface area contributed by atoms with Gasteiger partial charge in [0.25, 0.3) is 0 Å². The molecule has 574 valence electrons. The first-order valence-corrected chi connectivity index (χ1v) is 42.0. The lowest BCUT2D eigenvalue weighted by Gasteiger charge is -2.50. The van der Waals surface area contributed by atoms with Gasteiger partial charge in [0.15, 0.2) is 35.3 Å². The lowest BCUT2D eigenvalue weighted by atomic mass is 9.71. The number of hydrogen-bond acceptors (Lipinski definition) is 24. The molecule has 7 fully saturated rings. The SMILES string of the molecule is CC[C@H]1OC(=O)C(C)C(=O)C(C)C(OC2OC(C)CC(N(C)C)C2OC)C(C)(OC)CC(C)C(NC)C(C)C2N(NC)C(=O)OC21C.CC[C@H]1OC(=O)C(C)C(=O)C(C)C(OC2OC(C)CC(N(C)C)C2OC)C(C)(OC)CC(C)C2[C@H](C)[C@H]3N(C(=O)OC13C)N(C)C(C)(C)N2C.II. The van der Waals surface area contributed by atoms with Gasteiger partial charge in [-0.05, 0) is 174 Å². The van der Waals surface area contributed by atoms with E-state index in [1.807, 2.05) is 103 Å². The Hall–Kier alpha value is -2.28. The molecule has 0 aromatic heterocycles. The highest BCUT2D eigenvalue weighted by atomic mass is 128. The van der Waals surface area contributed by atoms with E-state index in [2.05, 4.69) is 111 Å². The molecule has 7 saturated heterocycles. The average molecular weight is 1640 g/mol. The predicted octanol–water partition coefficient (Wildman–Crippen LogP) is 8.94. The molecule has 7 heterocycles. The second-order valence-electron chi connectivity index (χ2n) is 31.2. The number of amides is 2. The number of carbonyl (C=O) groups excluding carboxylic acids is 6. The standard InChI is InChI=1S/C37H66N4O9.C34H62N4O9.I2/c1-17-26-37(10)30-22(4)27(39(13)35(7,8)40(14)41(30)34(44)50-37)20(2)19-36(9,46-16)31(23(5)28(42)24(6)32(43)48-26)49-33-29(45-15)25(38(11)12)18-21(3)47-33;1-15-24-34(8)28(38(36-10)32(41)47-34)20(4)25(35-9)18(2)17-33(7,43-14)29(21(5)26(39)22(6)30(40)45-24)46-31-27(42-13)23(37(11)12)16-19(3)44-31;1-2/h20-27,29-31,33H,17-19H2,1-16H3;18-25,27-29,31,35-36H,15-17H2,1-14H3;/t20?,21?,22-,23?,24?,25?,26+,27?,29?,30+,31?,33?,36?,37?;18?,19?,20?,21?,22?,23?,24-,25?,27?,28?,29?,31?,33?,34?;/m01./s1. The lowest BCUT2D eigenvalue weighted by molar-refractivity contribution is -0.299. The van der Waals surface area contributed by atoms with Gasteiger partial charge < -0.3 is 72.0 Å². The maximum atomic E-state index is 14.4. The summed E-state index contributed by atoms with van der Waals surface area (Å²) in [5.74, 6) is -6.25. The smallest absolute Gasteiger partial charge is 0.425 e. The number of ketones is 2. The second kappa shape index (κ2) is 35.4. The number of Topliss-reactive ketones (excluding diaryl/α,β-unsaturated/α-hetero) is 2. The molecule has 7 aliphatic heterocycles. The molecule has 2 bridgehead atoms. The lowest BCUT2D eigenvalue weighted by Crippen LogP contribution is -2.63. The van der Waals surface area contributed by atoms with Gasteiger partial charge in [0.1, 0.15) is 36.3 Å². The first-order chi connectivity index (χ1) is 46.1. The highest BCUT2D eigenvalue weighted by Crippen LogP contribution is 2.50. The van der Waals surface area contributed by atoms with Gasteiger partial charge in [0.05, 0.1) is 53.4 Å². The van der Waals surface area contributed by atoms with Crippen molar-refractivity contribution in [2.75, 3.05) is 84.8 Å². The number of nitrogens with zero attached hydrogens (tertiary/aromatic N) is 6. The molecule has 0 aliphatic carbocycles. The Labute approximate surface area is 616 Å². The minimum atomic E-state index is -1.19. The van der Waals surface area contributed by atoms with Gasteiger partial charge in [-0.3, -0.25) is 24.1 Å². The van der Waals surface area contributed by atoms with E-state index in [1.165, 1.54) is 5.01 Å². The van der Waals surface area contributed by atoms with Crippen LogP contribution in [-0.4, -0.2) is 276 Å². The van der Waals surface area contributed by atoms with E-state index in [4.69, 9.17) is 56.8 Å². The maximum absolute atomic E-state index is 14.4. The van der Waals surface area contributed by atoms with Gasteiger partial charge in [0, 0.05) is 116 Å². The van der Waals surface area contributed by atoms with Crippen LogP contribution in [0.5, 0.6) is 0 Å². The third-order valence-corrected chi connectivity index (χ3v) is 24.1. The van der Waals surface area contributed by atoms with E-state index in [9.17, 15) is 28.8 Å². The van der Waals surface area contributed by atoms with Crippen LogP contribution in [0.4, 0.5) is 9.59 Å². The summed E-state index contributed by atoms with van der Waals surface area (Å²) >= 11 is 4.24. The molecule has 26 nitrogen and oxygen atoms in total. The van der Waals surface area contributed by atoms with Crippen LogP contribution in [0.1, 0.15) is 163 Å². The van der Waals surface area contributed by atoms with Gasteiger partial charge in [-0.1, -0.05) is 55.4 Å². The summed E-state index contributed by atoms with van der Waals surface area (Å²) in [6.45, 7) is 34.8. The topological polar surface area (TPSA) is 257 Å². The third kappa shape index (κ3) is 17.4. The Morgan fingerprint density at radius 2 is 0.970 bits per heavy atom. The van der Waals surface area contributed by atoms with Crippen molar-refractivity contribution in [1.82, 2.24) is 40.5 Å². The molecule has 28 atom stereocenters. The molecule has 0 aromatic rings. The number of halogens is 2. The second-order valence-corrected chi connectivity index (χ2v) is 31.2. The van der Waals surface area contributed by atoms with Crippen molar-refractivity contribution in [3.05, 3.63) is 0 Å². The molecular weight excluding hydrogens is 1510 g/mol. The summed E-state index contributed by atoms with van der Waals surface area (Å²) in [6.07, 6.45) is -3.72. The number of esters is 2. The Balaban J connectivity index is 0.000000349. The molecule has 24 unspecified atom stereocenters. The fraction of sp³-hybridized carbons (Fsp3) is 0.915. The number of nitrogens with one attached hydrogen (secondary N) is 2. The number of hydrazine groups is 2. The molecule has 0 radical (unpaired) electrons. The first kappa shape index (κ1) is 87.4. The minimum absolute atomic E-state index is 0.0131. The van der Waals surface area contributed by atoms with Crippen molar-refractivity contribution >= 4 is 72.9 Å². The molecule has 7 rings (SSSR count). The number of likely N-dealkylation sites (N-methyl/N-ethyl adjacent to an activating group) is 2. The van der Waals surface area contributed by atoms with Crippen molar-refractivity contribution in [2.45, 2.75) is 289 Å². The largest absolute Gasteiger partial charge is 0.458 e. The number of carbonyl (C=O) groups is 6. The molecule has 2 amide bonds. The van der Waals surface area contributed by atoms with E-state index >= 15 is 0 Å². The summed E-state index contributed by atoms with van der Waals surface area (Å²) in [7, 11) is 22.1. The van der Waals surface area contributed by atoms with Gasteiger partial charge in [0.2, 0.25) is 0 Å². The fourth-order valence-electron chi connectivity index (χ4n) is 18.3. The third-order valence-electron chi connectivity index (χ3n) is 24.1. The molecule has 2 N–H and O–H groups in total. The van der Waals surface area contributed by atoms with E-state index in [0.717, 1.165) is 12.8 Å². The molecular formula is C71H128I2N8O18. The number of methoxy groups -OCH3 is 4. The highest BCUT2D eigenvalue weighted by Gasteiger charge is 2.66. The first-order valence-electron chi connectivity index (χ1n) is 35.7. The molecule has 28 heteroatoms. The van der Waals surface area contributed by atoms with Crippen molar-refractivity contribution in [3.63, 3.8) is 0 Å². The van der Waals surface area contributed by atoms with Gasteiger partial charge >= 0.3 is 24.1 Å². The van der Waals surface area contributed by atoms with E-state index in [0.29, 0.717) is 25.7 Å². The van der Waals surface area contributed by atoms with Crippen molar-refractivity contribution in [2.24, 2.45) is 47.3 Å². The van der Waals surface area contributed by atoms with E-state index in [1.54, 1.807) is 68.2 Å². The summed E-state index contributed by atoms with van der Waals surface area (Å²) in [5, 5.41) is 8.64. The van der Waals surface area contributed by atoms with Crippen LogP contribution in [0.25, 0.3) is 0 Å². The van der Waals surface area contributed by atoms with Gasteiger partial charge in [-0.25, -0.2) is 25.0 Å². The summed E-state index contributed by atoms with van der Waals surface area (Å²) in [4.78, 5) is 90.0. The number of hydrogen-bond donors (Lipinski definition) is 2. The van der Waals surface area contributed by atoms with E-state index in [-0.39, 0.29) is 71.6 Å². The Bertz CT molecular complexity index is 2710. The number of ether oxygens (including phenoxy) is 12. The zero-order chi connectivity index (χ0) is 75.4. The van der Waals surface area contributed by atoms with Crippen LogP contribution in [-0.2, 0) is 76.0 Å². The quantitative estimate of drug-likeness (QED) is 0.0712. The van der Waals surface area contributed by atoms with Crippen LogP contribution in [0.15, 0.2) is 0 Å². The zero-order valence-electron chi connectivity index (χ0n) is 65.4. The van der Waals surface area contributed by atoms with Crippen molar-refractivity contribution < 1.29 is 85.6 Å². The van der Waals surface area contributed by atoms with Crippen LogP contribution in [0.2, 0.25) is 0 Å². The average Bonchev–Trinajstić information content (AvgIpc) is 1.53. The van der Waals surface area contributed by atoms with Crippen LogP contribution in [0, 0.1) is 47.3 Å². The Morgan fingerprint density at radius 1 is 0.576 bits per heavy atom. The molecule has 7 aliphatic rings. The maximum Gasteiger partial charge on any atom is 0.425 e. The molecule has 0 aromatic carbocycles. The Kier molecular flexibility index (Phi) is 31.3. The normalized spacial score (nSPS) is 43.9. The predicted molar refractivity (Wildman–Crippen MR) is 392 cm³/mol. The zero-order valence-corrected chi connectivity index (χ0v) is 69.7. The summed E-state index contributed by atoms with van der Waals surface area (Å²) in [5.41, 5.74) is -2.01. The summed E-state index contributed by atoms with van der Waals surface area (Å²) < 4.78 is 75.9. The van der Waals surface area contributed by atoms with Gasteiger partial charge in [-0.15, -0.1) is 0 Å². The van der Waals surface area contributed by atoms with Crippen LogP contribution >= 0.6 is 37.2 Å². The molecule has 99 heavy (non-hydrogen) atoms. The van der Waals surface area contributed by atoms with Gasteiger partial charge in [-0.2, -0.15) is 5.01 Å². The van der Waals surface area contributed by atoms with Crippen molar-refractivity contribution in [3.8, 4) is 0 Å².